The van der Waals surface area contributed by atoms with Crippen LogP contribution in [-0.4, -0.2) is 19.1 Å². The molecule has 16 heavy (non-hydrogen) atoms. The van der Waals surface area contributed by atoms with Gasteiger partial charge in [0.1, 0.15) is 11.9 Å². The van der Waals surface area contributed by atoms with Crippen LogP contribution in [0.5, 0.6) is 5.75 Å². The van der Waals surface area contributed by atoms with Gasteiger partial charge in [-0.3, -0.25) is 4.79 Å². The number of amides is 1. The van der Waals surface area contributed by atoms with Gasteiger partial charge in [-0.2, -0.15) is 5.26 Å². The summed E-state index contributed by atoms with van der Waals surface area (Å²) in [5, 5.41) is 8.64. The normalized spacial score (nSPS) is 18.2. The van der Waals surface area contributed by atoms with Crippen LogP contribution in [0, 0.1) is 18.3 Å². The van der Waals surface area contributed by atoms with Crippen LogP contribution in [0.25, 0.3) is 0 Å². The summed E-state index contributed by atoms with van der Waals surface area (Å²) in [4.78, 5) is 12.5. The van der Waals surface area contributed by atoms with E-state index >= 15 is 0 Å². The lowest BCUT2D eigenvalue weighted by Crippen LogP contribution is -2.39. The number of carbonyl (C=O) groups excluding carboxylic acids is 1. The van der Waals surface area contributed by atoms with Gasteiger partial charge in [-0.05, 0) is 24.6 Å². The van der Waals surface area contributed by atoms with Crippen molar-refractivity contribution in [2.24, 2.45) is 0 Å². The number of ether oxygens (including phenoxy) is 1. The van der Waals surface area contributed by atoms with Crippen molar-refractivity contribution < 1.29 is 9.53 Å². The van der Waals surface area contributed by atoms with E-state index in [-0.39, 0.29) is 12.5 Å². The molecule has 0 saturated carbocycles. The third-order valence-electron chi connectivity index (χ3n) is 2.56. The number of fused-ring (bicyclic) bond motifs is 1. The molecule has 0 N–H and O–H groups in total. The SMILES string of the molecule is Cc1ccc2c(c1)OC(CC#N)CN2C=O. The minimum Gasteiger partial charge on any atom is -0.485 e. The van der Waals surface area contributed by atoms with E-state index in [2.05, 4.69) is 6.07 Å². The summed E-state index contributed by atoms with van der Waals surface area (Å²) in [5.74, 6) is 0.679. The summed E-state index contributed by atoms with van der Waals surface area (Å²) in [6.07, 6.45) is 0.836. The van der Waals surface area contributed by atoms with Gasteiger partial charge in [0.15, 0.2) is 0 Å². The zero-order chi connectivity index (χ0) is 11.5. The third-order valence-corrected chi connectivity index (χ3v) is 2.56. The van der Waals surface area contributed by atoms with E-state index < -0.39 is 0 Å². The Morgan fingerprint density at radius 1 is 1.69 bits per heavy atom. The third kappa shape index (κ3) is 1.84. The van der Waals surface area contributed by atoms with E-state index in [1.54, 1.807) is 4.90 Å². The highest BCUT2D eigenvalue weighted by Crippen LogP contribution is 2.33. The average molecular weight is 216 g/mol. The molecule has 0 spiro atoms. The molecule has 1 aromatic carbocycles. The van der Waals surface area contributed by atoms with E-state index in [9.17, 15) is 4.79 Å². The Kier molecular flexibility index (Phi) is 2.78. The van der Waals surface area contributed by atoms with Crippen LogP contribution in [0.2, 0.25) is 0 Å². The molecule has 1 unspecified atom stereocenters. The van der Waals surface area contributed by atoms with Crippen molar-refractivity contribution in [2.45, 2.75) is 19.4 Å². The molecule has 82 valence electrons. The molecule has 1 heterocycles. The lowest BCUT2D eigenvalue weighted by atomic mass is 10.1. The largest absolute Gasteiger partial charge is 0.485 e. The average Bonchev–Trinajstić information content (AvgIpc) is 2.27. The fourth-order valence-corrected chi connectivity index (χ4v) is 1.80. The quantitative estimate of drug-likeness (QED) is 0.706. The predicted octanol–water partition coefficient (Wildman–Crippen LogP) is 1.63. The fraction of sp³-hybridized carbons (Fsp3) is 0.333. The van der Waals surface area contributed by atoms with Crippen LogP contribution in [0.15, 0.2) is 18.2 Å². The van der Waals surface area contributed by atoms with Gasteiger partial charge in [0, 0.05) is 0 Å². The molecule has 0 fully saturated rings. The van der Waals surface area contributed by atoms with E-state index in [1.807, 2.05) is 25.1 Å². The van der Waals surface area contributed by atoms with E-state index in [4.69, 9.17) is 10.00 Å². The molecule has 2 rings (SSSR count). The second kappa shape index (κ2) is 4.23. The van der Waals surface area contributed by atoms with Gasteiger partial charge in [-0.25, -0.2) is 0 Å². The molecule has 0 aromatic heterocycles. The first-order valence-corrected chi connectivity index (χ1v) is 5.11. The second-order valence-electron chi connectivity index (χ2n) is 3.83. The van der Waals surface area contributed by atoms with Crippen molar-refractivity contribution in [2.75, 3.05) is 11.4 Å². The molecule has 0 saturated heterocycles. The molecule has 0 radical (unpaired) electrons. The number of carbonyl (C=O) groups is 1. The summed E-state index contributed by atoms with van der Waals surface area (Å²) in [5.41, 5.74) is 1.84. The van der Waals surface area contributed by atoms with Crippen LogP contribution in [0.1, 0.15) is 12.0 Å². The topological polar surface area (TPSA) is 53.3 Å². The monoisotopic (exact) mass is 216 g/mol. The first-order chi connectivity index (χ1) is 7.74. The molecule has 1 aliphatic rings. The smallest absolute Gasteiger partial charge is 0.214 e. The zero-order valence-electron chi connectivity index (χ0n) is 9.01. The Hall–Kier alpha value is -2.02. The number of benzene rings is 1. The van der Waals surface area contributed by atoms with Crippen LogP contribution in [0.3, 0.4) is 0 Å². The van der Waals surface area contributed by atoms with Crippen LogP contribution in [0.4, 0.5) is 5.69 Å². The fourth-order valence-electron chi connectivity index (χ4n) is 1.80. The Balaban J connectivity index is 2.35. The highest BCUT2D eigenvalue weighted by atomic mass is 16.5. The van der Waals surface area contributed by atoms with Gasteiger partial charge < -0.3 is 9.64 Å². The number of aryl methyl sites for hydroxylation is 1. The number of hydrogen-bond acceptors (Lipinski definition) is 3. The molecular weight excluding hydrogens is 204 g/mol. The lowest BCUT2D eigenvalue weighted by Gasteiger charge is -2.31. The molecule has 1 aromatic rings. The van der Waals surface area contributed by atoms with Gasteiger partial charge >= 0.3 is 0 Å². The summed E-state index contributed by atoms with van der Waals surface area (Å²) in [6, 6.07) is 7.74. The maximum absolute atomic E-state index is 10.9. The summed E-state index contributed by atoms with van der Waals surface area (Å²) >= 11 is 0. The highest BCUT2D eigenvalue weighted by Gasteiger charge is 2.25. The van der Waals surface area contributed by atoms with E-state index in [0.29, 0.717) is 12.3 Å². The molecule has 4 nitrogen and oxygen atoms in total. The summed E-state index contributed by atoms with van der Waals surface area (Å²) < 4.78 is 5.66. The number of rotatable bonds is 2. The Morgan fingerprint density at radius 3 is 3.19 bits per heavy atom. The Morgan fingerprint density at radius 2 is 2.50 bits per heavy atom. The maximum atomic E-state index is 10.9. The van der Waals surface area contributed by atoms with Crippen LogP contribution in [-0.2, 0) is 4.79 Å². The molecule has 1 amide bonds. The lowest BCUT2D eigenvalue weighted by molar-refractivity contribution is -0.107. The molecule has 1 aliphatic heterocycles. The van der Waals surface area contributed by atoms with Gasteiger partial charge in [0.25, 0.3) is 0 Å². The number of nitriles is 1. The standard InChI is InChI=1S/C12H12N2O2/c1-9-2-3-11-12(6-9)16-10(4-5-13)7-14(11)8-15/h2-3,6,8,10H,4,7H2,1H3. The highest BCUT2D eigenvalue weighted by molar-refractivity contribution is 5.80. The summed E-state index contributed by atoms with van der Waals surface area (Å²) in [7, 11) is 0. The Bertz CT molecular complexity index is 451. The van der Waals surface area contributed by atoms with Crippen molar-refractivity contribution in [3.05, 3.63) is 23.8 Å². The first-order valence-electron chi connectivity index (χ1n) is 5.11. The zero-order valence-corrected chi connectivity index (χ0v) is 9.01. The van der Waals surface area contributed by atoms with Gasteiger partial charge in [-0.1, -0.05) is 6.07 Å². The minimum atomic E-state index is -0.232. The van der Waals surface area contributed by atoms with Gasteiger partial charge in [-0.15, -0.1) is 0 Å². The van der Waals surface area contributed by atoms with E-state index in [1.165, 1.54) is 0 Å². The maximum Gasteiger partial charge on any atom is 0.214 e. The molecular formula is C12H12N2O2. The van der Waals surface area contributed by atoms with Gasteiger partial charge in [0.2, 0.25) is 6.41 Å². The Labute approximate surface area is 94.0 Å². The van der Waals surface area contributed by atoms with Crippen LogP contribution >= 0.6 is 0 Å². The summed E-state index contributed by atoms with van der Waals surface area (Å²) in [6.45, 7) is 2.40. The van der Waals surface area contributed by atoms with E-state index in [0.717, 1.165) is 17.7 Å². The van der Waals surface area contributed by atoms with Crippen molar-refractivity contribution in [3.63, 3.8) is 0 Å². The second-order valence-corrected chi connectivity index (χ2v) is 3.83. The minimum absolute atomic E-state index is 0.232. The first kappa shape index (κ1) is 10.5. The van der Waals surface area contributed by atoms with Crippen molar-refractivity contribution in [3.8, 4) is 11.8 Å². The van der Waals surface area contributed by atoms with Crippen molar-refractivity contribution >= 4 is 12.1 Å². The van der Waals surface area contributed by atoms with Crippen LogP contribution < -0.4 is 9.64 Å². The van der Waals surface area contributed by atoms with Crippen molar-refractivity contribution in [1.82, 2.24) is 0 Å². The number of hydrogen-bond donors (Lipinski definition) is 0. The molecule has 1 atom stereocenters. The van der Waals surface area contributed by atoms with Crippen molar-refractivity contribution in [1.29, 1.82) is 5.26 Å². The predicted molar refractivity (Wildman–Crippen MR) is 59.2 cm³/mol. The number of anilines is 1. The molecule has 0 bridgehead atoms. The molecule has 0 aliphatic carbocycles. The van der Waals surface area contributed by atoms with Gasteiger partial charge in [0.05, 0.1) is 24.7 Å². The molecule has 4 heteroatoms. The number of nitrogens with zero attached hydrogens (tertiary/aromatic N) is 2.